The molecule has 2 aromatic rings. The number of aromatic nitrogens is 1. The minimum Gasteiger partial charge on any atom is -0.369 e. The number of carbonyl (C=O) groups is 2. The average molecular weight is 406 g/mol. The molecule has 0 bridgehead atoms. The number of piperidine rings is 1. The first-order valence-corrected chi connectivity index (χ1v) is 11.2. The minimum absolute atomic E-state index is 0.117. The van der Waals surface area contributed by atoms with Crippen LogP contribution in [0.1, 0.15) is 50.5 Å². The van der Waals surface area contributed by atoms with Crippen LogP contribution in [-0.2, 0) is 16.0 Å². The standard InChI is InChI=1S/C25H31N3O2/c26-24(30)25(13-6-16-28(18-25)23(29)20-7-2-1-3-8-20)17-21-9-4-5-10-22(21)19-11-14-27-15-12-19/h4-5,9-12,14-15,20H,1-3,6-8,13,16-18H2,(H2,26,30)/t25-/m1/s1. The van der Waals surface area contributed by atoms with Crippen molar-refractivity contribution >= 4 is 11.8 Å². The highest BCUT2D eigenvalue weighted by molar-refractivity contribution is 5.85. The molecule has 1 aliphatic carbocycles. The third-order valence-electron chi connectivity index (χ3n) is 6.90. The van der Waals surface area contributed by atoms with E-state index in [4.69, 9.17) is 5.73 Å². The van der Waals surface area contributed by atoms with E-state index in [-0.39, 0.29) is 17.7 Å². The van der Waals surface area contributed by atoms with E-state index in [1.54, 1.807) is 12.4 Å². The number of carbonyl (C=O) groups excluding carboxylic acids is 2. The molecule has 1 aromatic heterocycles. The number of benzene rings is 1. The highest BCUT2D eigenvalue weighted by Gasteiger charge is 2.43. The number of pyridine rings is 1. The smallest absolute Gasteiger partial charge is 0.225 e. The molecule has 0 spiro atoms. The molecule has 1 saturated heterocycles. The summed E-state index contributed by atoms with van der Waals surface area (Å²) in [5, 5.41) is 0. The maximum Gasteiger partial charge on any atom is 0.225 e. The predicted octanol–water partition coefficient (Wildman–Crippen LogP) is 3.97. The zero-order valence-corrected chi connectivity index (χ0v) is 17.6. The predicted molar refractivity (Wildman–Crippen MR) is 117 cm³/mol. The van der Waals surface area contributed by atoms with Crippen LogP contribution in [0.2, 0.25) is 0 Å². The molecule has 2 N–H and O–H groups in total. The summed E-state index contributed by atoms with van der Waals surface area (Å²) in [6.45, 7) is 1.17. The number of hydrogen-bond donors (Lipinski definition) is 1. The first-order valence-electron chi connectivity index (χ1n) is 11.2. The zero-order valence-electron chi connectivity index (χ0n) is 17.6. The molecule has 1 aromatic carbocycles. The molecule has 5 heteroatoms. The molecule has 0 radical (unpaired) electrons. The molecule has 1 atom stereocenters. The zero-order chi connectivity index (χ0) is 21.0. The minimum atomic E-state index is -0.717. The maximum atomic E-state index is 13.2. The second-order valence-corrected chi connectivity index (χ2v) is 8.91. The third kappa shape index (κ3) is 4.25. The summed E-state index contributed by atoms with van der Waals surface area (Å²) >= 11 is 0. The Morgan fingerprint density at radius 1 is 1.03 bits per heavy atom. The fourth-order valence-electron chi connectivity index (χ4n) is 5.21. The molecule has 1 aliphatic heterocycles. The first kappa shape index (κ1) is 20.6. The van der Waals surface area contributed by atoms with Gasteiger partial charge in [0.05, 0.1) is 5.41 Å². The van der Waals surface area contributed by atoms with Gasteiger partial charge in [0.25, 0.3) is 0 Å². The quantitative estimate of drug-likeness (QED) is 0.818. The lowest BCUT2D eigenvalue weighted by molar-refractivity contribution is -0.143. The Hall–Kier alpha value is -2.69. The fourth-order valence-corrected chi connectivity index (χ4v) is 5.21. The highest BCUT2D eigenvalue weighted by Crippen LogP contribution is 2.38. The molecule has 4 rings (SSSR count). The molecular weight excluding hydrogens is 374 g/mol. The summed E-state index contributed by atoms with van der Waals surface area (Å²) in [7, 11) is 0. The second kappa shape index (κ2) is 8.99. The van der Waals surface area contributed by atoms with E-state index >= 15 is 0 Å². The van der Waals surface area contributed by atoms with Crippen molar-refractivity contribution in [2.24, 2.45) is 17.1 Å². The van der Waals surface area contributed by atoms with E-state index in [0.717, 1.165) is 61.8 Å². The number of nitrogens with two attached hydrogens (primary N) is 1. The Morgan fingerprint density at radius 3 is 2.50 bits per heavy atom. The van der Waals surface area contributed by atoms with Crippen LogP contribution in [0, 0.1) is 11.3 Å². The molecule has 2 amide bonds. The molecule has 30 heavy (non-hydrogen) atoms. The summed E-state index contributed by atoms with van der Waals surface area (Å²) in [4.78, 5) is 32.0. The van der Waals surface area contributed by atoms with Crippen molar-refractivity contribution in [3.05, 3.63) is 54.4 Å². The Balaban J connectivity index is 1.59. The van der Waals surface area contributed by atoms with Crippen LogP contribution in [0.15, 0.2) is 48.8 Å². The van der Waals surface area contributed by atoms with Gasteiger partial charge in [0.15, 0.2) is 0 Å². The SMILES string of the molecule is NC(=O)[C@@]1(Cc2ccccc2-c2ccncc2)CCCN(C(=O)C2CCCCC2)C1. The molecule has 2 fully saturated rings. The van der Waals surface area contributed by atoms with Gasteiger partial charge in [-0.1, -0.05) is 43.5 Å². The van der Waals surface area contributed by atoms with Crippen molar-refractivity contribution in [2.75, 3.05) is 13.1 Å². The van der Waals surface area contributed by atoms with Crippen molar-refractivity contribution in [3.8, 4) is 11.1 Å². The second-order valence-electron chi connectivity index (χ2n) is 8.91. The van der Waals surface area contributed by atoms with Gasteiger partial charge in [-0.3, -0.25) is 14.6 Å². The molecule has 0 unspecified atom stereocenters. The Kier molecular flexibility index (Phi) is 6.16. The lowest BCUT2D eigenvalue weighted by atomic mass is 9.73. The highest BCUT2D eigenvalue weighted by atomic mass is 16.2. The van der Waals surface area contributed by atoms with E-state index in [2.05, 4.69) is 17.1 Å². The van der Waals surface area contributed by atoms with Gasteiger partial charge >= 0.3 is 0 Å². The maximum absolute atomic E-state index is 13.2. The summed E-state index contributed by atoms with van der Waals surface area (Å²) in [5.41, 5.74) is 8.54. The van der Waals surface area contributed by atoms with E-state index in [0.29, 0.717) is 13.0 Å². The van der Waals surface area contributed by atoms with Gasteiger partial charge < -0.3 is 10.6 Å². The van der Waals surface area contributed by atoms with Crippen LogP contribution in [0.5, 0.6) is 0 Å². The Morgan fingerprint density at radius 2 is 1.77 bits per heavy atom. The third-order valence-corrected chi connectivity index (χ3v) is 6.90. The largest absolute Gasteiger partial charge is 0.369 e. The summed E-state index contributed by atoms with van der Waals surface area (Å²) in [6.07, 6.45) is 11.1. The molecule has 158 valence electrons. The van der Waals surface area contributed by atoms with E-state index in [9.17, 15) is 9.59 Å². The van der Waals surface area contributed by atoms with Crippen molar-refractivity contribution < 1.29 is 9.59 Å². The van der Waals surface area contributed by atoms with Crippen LogP contribution in [0.4, 0.5) is 0 Å². The van der Waals surface area contributed by atoms with Gasteiger partial charge in [-0.25, -0.2) is 0 Å². The van der Waals surface area contributed by atoms with Gasteiger partial charge in [-0.2, -0.15) is 0 Å². The Labute approximate surface area is 178 Å². The van der Waals surface area contributed by atoms with Gasteiger partial charge in [0.2, 0.25) is 11.8 Å². The molecule has 2 heterocycles. The van der Waals surface area contributed by atoms with Crippen molar-refractivity contribution in [2.45, 2.75) is 51.4 Å². The van der Waals surface area contributed by atoms with Crippen LogP contribution < -0.4 is 5.73 Å². The van der Waals surface area contributed by atoms with Crippen molar-refractivity contribution in [1.82, 2.24) is 9.88 Å². The number of nitrogens with zero attached hydrogens (tertiary/aromatic N) is 2. The lowest BCUT2D eigenvalue weighted by Gasteiger charge is -2.42. The van der Waals surface area contributed by atoms with Crippen molar-refractivity contribution in [1.29, 1.82) is 0 Å². The monoisotopic (exact) mass is 405 g/mol. The summed E-state index contributed by atoms with van der Waals surface area (Å²) in [5.74, 6) is 0.0437. The summed E-state index contributed by atoms with van der Waals surface area (Å²) < 4.78 is 0. The van der Waals surface area contributed by atoms with E-state index in [1.807, 2.05) is 29.2 Å². The summed E-state index contributed by atoms with van der Waals surface area (Å²) in [6, 6.07) is 12.1. The van der Waals surface area contributed by atoms with Gasteiger partial charge in [-0.05, 0) is 60.9 Å². The van der Waals surface area contributed by atoms with Gasteiger partial charge in [-0.15, -0.1) is 0 Å². The average Bonchev–Trinajstić information content (AvgIpc) is 2.80. The molecule has 2 aliphatic rings. The fraction of sp³-hybridized carbons (Fsp3) is 0.480. The Bertz CT molecular complexity index is 892. The molecule has 5 nitrogen and oxygen atoms in total. The number of rotatable bonds is 5. The lowest BCUT2D eigenvalue weighted by Crippen LogP contribution is -2.54. The van der Waals surface area contributed by atoms with Crippen LogP contribution in [0.3, 0.4) is 0 Å². The molecular formula is C25H31N3O2. The first-order chi connectivity index (χ1) is 14.6. The van der Waals surface area contributed by atoms with Crippen molar-refractivity contribution in [3.63, 3.8) is 0 Å². The number of primary amides is 1. The van der Waals surface area contributed by atoms with E-state index in [1.165, 1.54) is 6.42 Å². The number of likely N-dealkylation sites (tertiary alicyclic amines) is 1. The number of hydrogen-bond acceptors (Lipinski definition) is 3. The molecule has 1 saturated carbocycles. The van der Waals surface area contributed by atoms with Gasteiger partial charge in [0.1, 0.15) is 0 Å². The van der Waals surface area contributed by atoms with Crippen LogP contribution >= 0.6 is 0 Å². The normalized spacial score (nSPS) is 22.6. The number of amides is 2. The van der Waals surface area contributed by atoms with Crippen LogP contribution in [-0.4, -0.2) is 34.8 Å². The van der Waals surface area contributed by atoms with Crippen LogP contribution in [0.25, 0.3) is 11.1 Å². The topological polar surface area (TPSA) is 76.3 Å². The van der Waals surface area contributed by atoms with E-state index < -0.39 is 5.41 Å². The van der Waals surface area contributed by atoms with Gasteiger partial charge in [0, 0.05) is 31.4 Å².